The summed E-state index contributed by atoms with van der Waals surface area (Å²) < 4.78 is 10.4. The number of nitrogens with zero attached hydrogens (tertiary/aromatic N) is 4. The Labute approximate surface area is 269 Å². The van der Waals surface area contributed by atoms with Crippen LogP contribution in [0.25, 0.3) is 33.2 Å². The van der Waals surface area contributed by atoms with Crippen LogP contribution in [0, 0.1) is 25.7 Å². The van der Waals surface area contributed by atoms with Crippen molar-refractivity contribution in [2.45, 2.75) is 71.6 Å². The maximum absolute atomic E-state index is 13.1. The molecule has 0 unspecified atom stereocenters. The number of allylic oxidation sites excluding steroid dienone is 2. The van der Waals surface area contributed by atoms with Crippen LogP contribution in [-0.2, 0) is 50.4 Å². The molecule has 8 nitrogen and oxygen atoms in total. The maximum atomic E-state index is 13.1. The Balaban J connectivity index is 0.00000343. The topological polar surface area (TPSA) is 107 Å². The summed E-state index contributed by atoms with van der Waals surface area (Å²) in [5, 5.41) is 0. The third-order valence-corrected chi connectivity index (χ3v) is 10.4. The van der Waals surface area contributed by atoms with Gasteiger partial charge in [-0.15, -0.1) is 22.1 Å². The normalized spacial score (nSPS) is 22.9. The van der Waals surface area contributed by atoms with E-state index in [9.17, 15) is 9.59 Å². The quantitative estimate of drug-likeness (QED) is 0.255. The van der Waals surface area contributed by atoms with Gasteiger partial charge in [-0.25, -0.2) is 4.98 Å². The van der Waals surface area contributed by atoms with E-state index >= 15 is 0 Å². The molecule has 9 heteroatoms. The summed E-state index contributed by atoms with van der Waals surface area (Å²) in [6.07, 6.45) is 1.45. The van der Waals surface area contributed by atoms with Crippen molar-refractivity contribution < 1.29 is 38.5 Å². The van der Waals surface area contributed by atoms with E-state index in [1.165, 1.54) is 14.2 Å². The maximum Gasteiger partial charge on any atom is 2.00 e. The number of aromatic nitrogens is 4. The van der Waals surface area contributed by atoms with E-state index in [4.69, 9.17) is 29.4 Å². The van der Waals surface area contributed by atoms with Gasteiger partial charge < -0.3 is 19.4 Å². The summed E-state index contributed by atoms with van der Waals surface area (Å²) in [4.78, 5) is 46.6. The molecule has 3 aromatic heterocycles. The molecule has 0 saturated heterocycles. The van der Waals surface area contributed by atoms with Gasteiger partial charge in [-0.2, -0.15) is 0 Å². The smallest absolute Gasteiger partial charge is 0.657 e. The molecule has 7 rings (SSSR count). The minimum Gasteiger partial charge on any atom is -0.657 e. The molecule has 0 spiro atoms. The summed E-state index contributed by atoms with van der Waals surface area (Å²) in [7, 11) is 2.76. The van der Waals surface area contributed by atoms with E-state index in [1.54, 1.807) is 0 Å². The van der Waals surface area contributed by atoms with Crippen molar-refractivity contribution in [1.29, 1.82) is 0 Å². The average Bonchev–Trinajstić information content (AvgIpc) is 3.78. The number of rotatable bonds is 2. The summed E-state index contributed by atoms with van der Waals surface area (Å²) in [5.41, 5.74) is 13.3. The van der Waals surface area contributed by atoms with E-state index < -0.39 is 11.8 Å². The van der Waals surface area contributed by atoms with Gasteiger partial charge >= 0.3 is 31.4 Å². The third-order valence-electron chi connectivity index (χ3n) is 10.4. The van der Waals surface area contributed by atoms with Crippen molar-refractivity contribution in [3.63, 3.8) is 0 Å². The molecular weight excluding hydrogens is 606 g/mol. The molecule has 1 fully saturated rings. The van der Waals surface area contributed by atoms with Gasteiger partial charge in [0.25, 0.3) is 0 Å². The van der Waals surface area contributed by atoms with Crippen molar-refractivity contribution in [3.8, 4) is 0 Å². The molecule has 3 aromatic rings. The van der Waals surface area contributed by atoms with Gasteiger partial charge in [0.05, 0.1) is 37.4 Å². The fourth-order valence-corrected chi connectivity index (χ4v) is 7.75. The van der Waals surface area contributed by atoms with Gasteiger partial charge in [-0.1, -0.05) is 60.4 Å². The standard InChI is InChI=1S/C35H36N4O4.Zn/c1-15-16(2)23-11-24-17(3)18(4)25(38-24)12-26-29-20-10-21(32(34(41)43-8)31(20)33(40)42-7)30(29)27(39-26)13-28-35(5,6)14-19(36-28)9-22(15)37-23;/h9,11-13,20-21,31-32H,10,14H2,1-8H3;/q-2;+2/t20-,21+,31+,32+;/m1./s1. The molecule has 0 amide bonds. The average molecular weight is 642 g/mol. The largest absolute Gasteiger partial charge is 2.00 e. The first-order valence-corrected chi connectivity index (χ1v) is 14.9. The van der Waals surface area contributed by atoms with E-state index in [0.29, 0.717) is 6.42 Å². The minimum atomic E-state index is -0.619. The Morgan fingerprint density at radius 3 is 1.77 bits per heavy atom. The van der Waals surface area contributed by atoms with Gasteiger partial charge in [0.1, 0.15) is 0 Å². The van der Waals surface area contributed by atoms with Crippen molar-refractivity contribution in [2.75, 3.05) is 14.2 Å². The number of fused-ring (bicyclic) bond motifs is 15. The summed E-state index contributed by atoms with van der Waals surface area (Å²) in [6.45, 7) is 12.8. The van der Waals surface area contributed by atoms with Crippen LogP contribution in [0.5, 0.6) is 0 Å². The van der Waals surface area contributed by atoms with Crippen molar-refractivity contribution >= 4 is 45.2 Å². The number of carbonyl (C=O) groups is 2. The van der Waals surface area contributed by atoms with E-state index in [0.717, 1.165) is 84.7 Å². The van der Waals surface area contributed by atoms with Crippen LogP contribution >= 0.6 is 0 Å². The summed E-state index contributed by atoms with van der Waals surface area (Å²) in [5.74, 6) is -2.41. The molecule has 2 aliphatic heterocycles. The molecule has 44 heavy (non-hydrogen) atoms. The monoisotopic (exact) mass is 640 g/mol. The Hall–Kier alpha value is -3.58. The van der Waals surface area contributed by atoms with E-state index in [-0.39, 0.29) is 48.7 Å². The molecule has 0 N–H and O–H groups in total. The second-order valence-corrected chi connectivity index (χ2v) is 13.1. The summed E-state index contributed by atoms with van der Waals surface area (Å²) >= 11 is 0. The molecule has 222 valence electrons. The molecule has 10 bridgehead atoms. The fraction of sp³-hybridized carbons (Fsp3) is 0.429. The molecule has 1 saturated carbocycles. The molecule has 2 aliphatic carbocycles. The van der Waals surface area contributed by atoms with Crippen LogP contribution in [0.2, 0.25) is 0 Å². The third kappa shape index (κ3) is 4.33. The number of methoxy groups -OCH3 is 2. The first-order chi connectivity index (χ1) is 20.4. The van der Waals surface area contributed by atoms with Crippen molar-refractivity contribution in [3.05, 3.63) is 69.3 Å². The van der Waals surface area contributed by atoms with Crippen LogP contribution in [0.3, 0.4) is 0 Å². The Morgan fingerprint density at radius 1 is 0.750 bits per heavy atom. The van der Waals surface area contributed by atoms with Gasteiger partial charge in [0, 0.05) is 23.2 Å². The first-order valence-electron chi connectivity index (χ1n) is 14.9. The second kappa shape index (κ2) is 10.5. The molecule has 4 atom stereocenters. The van der Waals surface area contributed by atoms with Gasteiger partial charge in [-0.3, -0.25) is 14.6 Å². The number of carbonyl (C=O) groups excluding carboxylic acids is 2. The summed E-state index contributed by atoms with van der Waals surface area (Å²) in [6, 6.07) is 8.30. The number of esters is 2. The van der Waals surface area contributed by atoms with Crippen LogP contribution in [0.1, 0.15) is 91.0 Å². The molecule has 0 radical (unpaired) electrons. The predicted molar refractivity (Wildman–Crippen MR) is 164 cm³/mol. The zero-order valence-electron chi connectivity index (χ0n) is 26.7. The Kier molecular flexibility index (Phi) is 7.27. The zero-order chi connectivity index (χ0) is 30.5. The Morgan fingerprint density at radius 2 is 1.23 bits per heavy atom. The molecule has 4 aliphatic rings. The van der Waals surface area contributed by atoms with Gasteiger partial charge in [0.15, 0.2) is 0 Å². The molecular formula is C35H36N4O4Zn. The number of hydrogen-bond donors (Lipinski definition) is 0. The molecule has 5 heterocycles. The fourth-order valence-electron chi connectivity index (χ4n) is 7.75. The second-order valence-electron chi connectivity index (χ2n) is 13.1. The molecule has 0 aromatic carbocycles. The van der Waals surface area contributed by atoms with Crippen LogP contribution in [-0.4, -0.2) is 36.1 Å². The zero-order valence-corrected chi connectivity index (χ0v) is 29.6. The minimum absolute atomic E-state index is 0. The van der Waals surface area contributed by atoms with Crippen LogP contribution in [0.4, 0.5) is 0 Å². The van der Waals surface area contributed by atoms with Crippen LogP contribution < -0.4 is 9.97 Å². The van der Waals surface area contributed by atoms with Crippen molar-refractivity contribution in [1.82, 2.24) is 19.9 Å². The predicted octanol–water partition coefficient (Wildman–Crippen LogP) is 5.82. The SMILES string of the molecule is COC(=O)[C@@H]1[C@@H](C(=O)OC)[C@H]2C[C@@H]1c1c2c2cc3nc(cc4[n-]c(cc5nc(cc1[n-]2)C(C)=C5C)c(C)c4C)CC3(C)C.[Zn+2]. The number of ether oxygens (including phenoxy) is 2. The number of hydrogen-bond acceptors (Lipinski definition) is 6. The van der Waals surface area contributed by atoms with Gasteiger partial charge in [-0.05, 0) is 57.1 Å². The van der Waals surface area contributed by atoms with E-state index in [1.807, 2.05) is 6.07 Å². The van der Waals surface area contributed by atoms with Crippen molar-refractivity contribution in [2.24, 2.45) is 11.8 Å². The van der Waals surface area contributed by atoms with Gasteiger partial charge in [0.2, 0.25) is 0 Å². The number of aryl methyl sites for hydroxylation is 2. The van der Waals surface area contributed by atoms with E-state index in [2.05, 4.69) is 59.7 Å². The first kappa shape index (κ1) is 30.4. The Bertz CT molecular complexity index is 1950. The van der Waals surface area contributed by atoms with Crippen LogP contribution in [0.15, 0.2) is 24.3 Å².